The zero-order valence-electron chi connectivity index (χ0n) is 12.3. The van der Waals surface area contributed by atoms with E-state index in [4.69, 9.17) is 4.74 Å². The van der Waals surface area contributed by atoms with Crippen LogP contribution in [0.25, 0.3) is 0 Å². The van der Waals surface area contributed by atoms with Gasteiger partial charge in [0.05, 0.1) is 18.8 Å². The van der Waals surface area contributed by atoms with Crippen molar-refractivity contribution in [3.8, 4) is 0 Å². The number of hydrogen-bond donors (Lipinski definition) is 1. The smallest absolute Gasteiger partial charge is 0.133 e. The first-order valence-electron chi connectivity index (χ1n) is 7.93. The second kappa shape index (κ2) is 6.55. The monoisotopic (exact) mass is 275 g/mol. The Kier molecular flexibility index (Phi) is 4.53. The van der Waals surface area contributed by atoms with Gasteiger partial charge in [0.15, 0.2) is 0 Å². The molecule has 1 aliphatic heterocycles. The van der Waals surface area contributed by atoms with Crippen molar-refractivity contribution in [2.24, 2.45) is 0 Å². The van der Waals surface area contributed by atoms with Crippen LogP contribution in [-0.2, 0) is 11.3 Å². The predicted octanol–water partition coefficient (Wildman–Crippen LogP) is 2.34. The summed E-state index contributed by atoms with van der Waals surface area (Å²) in [6, 6.07) is 4.75. The summed E-state index contributed by atoms with van der Waals surface area (Å²) in [6.45, 7) is 5.83. The number of morpholine rings is 1. The van der Waals surface area contributed by atoms with E-state index in [1.807, 2.05) is 12.3 Å². The average Bonchev–Trinajstić information content (AvgIpc) is 2.53. The summed E-state index contributed by atoms with van der Waals surface area (Å²) in [5.74, 6) is 1.16. The molecule has 2 aliphatic rings. The van der Waals surface area contributed by atoms with Crippen LogP contribution in [0, 0.1) is 0 Å². The van der Waals surface area contributed by atoms with Gasteiger partial charge in [0.25, 0.3) is 0 Å². The highest BCUT2D eigenvalue weighted by molar-refractivity contribution is 5.48. The number of nitrogens with one attached hydrogen (secondary N) is 1. The third-order valence-corrected chi connectivity index (χ3v) is 4.44. The lowest BCUT2D eigenvalue weighted by Crippen LogP contribution is -2.53. The first kappa shape index (κ1) is 13.8. The molecule has 1 aromatic heterocycles. The average molecular weight is 275 g/mol. The summed E-state index contributed by atoms with van der Waals surface area (Å²) < 4.78 is 5.97. The molecule has 0 bridgehead atoms. The van der Waals surface area contributed by atoms with Crippen molar-refractivity contribution >= 4 is 5.82 Å². The van der Waals surface area contributed by atoms with Crippen LogP contribution in [0.5, 0.6) is 0 Å². The largest absolute Gasteiger partial charge is 0.374 e. The SMILES string of the molecule is CCNCc1cccnc1N1CCOC2CCCCC21. The highest BCUT2D eigenvalue weighted by atomic mass is 16.5. The highest BCUT2D eigenvalue weighted by Crippen LogP contribution is 2.32. The van der Waals surface area contributed by atoms with Gasteiger partial charge in [-0.25, -0.2) is 4.98 Å². The fourth-order valence-corrected chi connectivity index (χ4v) is 3.45. The van der Waals surface area contributed by atoms with Crippen LogP contribution in [0.2, 0.25) is 0 Å². The topological polar surface area (TPSA) is 37.4 Å². The van der Waals surface area contributed by atoms with Crippen molar-refractivity contribution in [3.05, 3.63) is 23.9 Å². The van der Waals surface area contributed by atoms with Gasteiger partial charge < -0.3 is 15.0 Å². The van der Waals surface area contributed by atoms with E-state index >= 15 is 0 Å². The van der Waals surface area contributed by atoms with Crippen LogP contribution in [0.15, 0.2) is 18.3 Å². The summed E-state index contributed by atoms with van der Waals surface area (Å²) in [5.41, 5.74) is 1.31. The van der Waals surface area contributed by atoms with Crippen molar-refractivity contribution < 1.29 is 4.74 Å². The lowest BCUT2D eigenvalue weighted by molar-refractivity contribution is -0.00905. The van der Waals surface area contributed by atoms with Gasteiger partial charge >= 0.3 is 0 Å². The zero-order chi connectivity index (χ0) is 13.8. The molecular weight excluding hydrogens is 250 g/mol. The Labute approximate surface area is 121 Å². The van der Waals surface area contributed by atoms with E-state index in [1.54, 1.807) is 0 Å². The van der Waals surface area contributed by atoms with Crippen molar-refractivity contribution in [2.45, 2.75) is 51.3 Å². The van der Waals surface area contributed by atoms with Crippen LogP contribution in [0.3, 0.4) is 0 Å². The fourth-order valence-electron chi connectivity index (χ4n) is 3.45. The van der Waals surface area contributed by atoms with Gasteiger partial charge in [0, 0.05) is 24.8 Å². The van der Waals surface area contributed by atoms with Crippen LogP contribution < -0.4 is 10.2 Å². The maximum Gasteiger partial charge on any atom is 0.133 e. The van der Waals surface area contributed by atoms with Crippen LogP contribution >= 0.6 is 0 Å². The first-order valence-corrected chi connectivity index (χ1v) is 7.93. The van der Waals surface area contributed by atoms with Crippen LogP contribution in [0.4, 0.5) is 5.82 Å². The van der Waals surface area contributed by atoms with Crippen molar-refractivity contribution in [1.82, 2.24) is 10.3 Å². The molecule has 4 nitrogen and oxygen atoms in total. The molecule has 4 heteroatoms. The third kappa shape index (κ3) is 2.81. The molecule has 20 heavy (non-hydrogen) atoms. The third-order valence-electron chi connectivity index (χ3n) is 4.44. The minimum atomic E-state index is 0.409. The number of hydrogen-bond acceptors (Lipinski definition) is 4. The predicted molar refractivity (Wildman–Crippen MR) is 81.0 cm³/mol. The molecule has 1 saturated heterocycles. The molecule has 3 rings (SSSR count). The molecule has 2 fully saturated rings. The number of aromatic nitrogens is 1. The van der Waals surface area contributed by atoms with E-state index in [1.165, 1.54) is 31.2 Å². The minimum Gasteiger partial charge on any atom is -0.374 e. The van der Waals surface area contributed by atoms with E-state index in [-0.39, 0.29) is 0 Å². The van der Waals surface area contributed by atoms with E-state index in [0.717, 1.165) is 32.1 Å². The van der Waals surface area contributed by atoms with Gasteiger partial charge in [-0.15, -0.1) is 0 Å². The van der Waals surface area contributed by atoms with Crippen molar-refractivity contribution in [3.63, 3.8) is 0 Å². The second-order valence-electron chi connectivity index (χ2n) is 5.72. The van der Waals surface area contributed by atoms with Crippen molar-refractivity contribution in [1.29, 1.82) is 0 Å². The molecule has 0 radical (unpaired) electrons. The Morgan fingerprint density at radius 1 is 1.40 bits per heavy atom. The summed E-state index contributed by atoms with van der Waals surface area (Å²) in [6.07, 6.45) is 7.39. The fraction of sp³-hybridized carbons (Fsp3) is 0.688. The number of ether oxygens (including phenoxy) is 1. The Morgan fingerprint density at radius 2 is 2.30 bits per heavy atom. The van der Waals surface area contributed by atoms with Gasteiger partial charge in [-0.05, 0) is 25.5 Å². The summed E-state index contributed by atoms with van der Waals surface area (Å²) in [4.78, 5) is 7.18. The minimum absolute atomic E-state index is 0.409. The maximum absolute atomic E-state index is 5.97. The molecule has 110 valence electrons. The van der Waals surface area contributed by atoms with Gasteiger partial charge in [0.1, 0.15) is 5.82 Å². The van der Waals surface area contributed by atoms with Crippen LogP contribution in [0.1, 0.15) is 38.2 Å². The van der Waals surface area contributed by atoms with E-state index < -0.39 is 0 Å². The standard InChI is InChI=1S/C16H25N3O/c1-2-17-12-13-6-5-9-18-16(13)19-10-11-20-15-8-4-3-7-14(15)19/h5-6,9,14-15,17H,2-4,7-8,10-12H2,1H3. The van der Waals surface area contributed by atoms with E-state index in [9.17, 15) is 0 Å². The van der Waals surface area contributed by atoms with Crippen LogP contribution in [-0.4, -0.2) is 36.8 Å². The molecule has 2 unspecified atom stereocenters. The van der Waals surface area contributed by atoms with Gasteiger partial charge in [0.2, 0.25) is 0 Å². The summed E-state index contributed by atoms with van der Waals surface area (Å²) >= 11 is 0. The second-order valence-corrected chi connectivity index (χ2v) is 5.72. The van der Waals surface area contributed by atoms with Gasteiger partial charge in [-0.3, -0.25) is 0 Å². The Bertz CT molecular complexity index is 435. The highest BCUT2D eigenvalue weighted by Gasteiger charge is 2.35. The van der Waals surface area contributed by atoms with E-state index in [2.05, 4.69) is 28.2 Å². The lowest BCUT2D eigenvalue weighted by atomic mass is 9.90. The van der Waals surface area contributed by atoms with Crippen molar-refractivity contribution in [2.75, 3.05) is 24.6 Å². The molecule has 0 amide bonds. The molecule has 1 N–H and O–H groups in total. The quantitative estimate of drug-likeness (QED) is 0.915. The Hall–Kier alpha value is -1.13. The molecule has 0 spiro atoms. The number of rotatable bonds is 4. The number of fused-ring (bicyclic) bond motifs is 1. The molecular formula is C16H25N3O. The molecule has 1 aliphatic carbocycles. The zero-order valence-corrected chi connectivity index (χ0v) is 12.3. The van der Waals surface area contributed by atoms with Gasteiger partial charge in [-0.1, -0.05) is 25.8 Å². The molecule has 1 aromatic rings. The lowest BCUT2D eigenvalue weighted by Gasteiger charge is -2.45. The van der Waals surface area contributed by atoms with E-state index in [0.29, 0.717) is 12.1 Å². The molecule has 2 atom stereocenters. The molecule has 1 saturated carbocycles. The number of anilines is 1. The Morgan fingerprint density at radius 3 is 3.20 bits per heavy atom. The number of pyridine rings is 1. The summed E-state index contributed by atoms with van der Waals surface area (Å²) in [7, 11) is 0. The Balaban J connectivity index is 1.83. The normalized spacial score (nSPS) is 26.4. The number of nitrogens with zero attached hydrogens (tertiary/aromatic N) is 2. The van der Waals surface area contributed by atoms with Gasteiger partial charge in [-0.2, -0.15) is 0 Å². The molecule has 0 aromatic carbocycles. The maximum atomic E-state index is 5.97. The molecule has 2 heterocycles. The first-order chi connectivity index (χ1) is 9.90. The summed E-state index contributed by atoms with van der Waals surface area (Å²) in [5, 5.41) is 3.42.